The number of nitrogens with two attached hydrogens (primary N) is 1. The van der Waals surface area contributed by atoms with Crippen molar-refractivity contribution in [2.45, 2.75) is 50.6 Å². The van der Waals surface area contributed by atoms with Crippen LogP contribution in [0.1, 0.15) is 31.2 Å². The molecule has 0 radical (unpaired) electrons. The minimum atomic E-state index is -4.59. The Morgan fingerprint density at radius 3 is 2.36 bits per heavy atom. The fraction of sp³-hybridized carbons (Fsp3) is 0.355. The molecule has 238 valence electrons. The normalized spacial score (nSPS) is 14.2. The van der Waals surface area contributed by atoms with Crippen molar-refractivity contribution in [3.8, 4) is 11.4 Å². The van der Waals surface area contributed by atoms with Gasteiger partial charge in [0, 0.05) is 30.1 Å². The number of anilines is 1. The molecule has 1 unspecified atom stereocenters. The lowest BCUT2D eigenvalue weighted by molar-refractivity contribution is -0.161. The zero-order valence-corrected chi connectivity index (χ0v) is 25.1. The van der Waals surface area contributed by atoms with Gasteiger partial charge in [-0.25, -0.2) is 4.98 Å². The number of nitrogens with one attached hydrogen (secondary N) is 2. The van der Waals surface area contributed by atoms with Crippen molar-refractivity contribution in [2.75, 3.05) is 25.4 Å². The molecule has 0 saturated carbocycles. The van der Waals surface area contributed by atoms with E-state index in [1.165, 1.54) is 11.0 Å². The maximum Gasteiger partial charge on any atom is 0.383 e. The lowest BCUT2D eigenvalue weighted by Gasteiger charge is -2.24. The summed E-state index contributed by atoms with van der Waals surface area (Å²) in [5.41, 5.74) is 5.49. The van der Waals surface area contributed by atoms with Crippen molar-refractivity contribution in [3.63, 3.8) is 0 Å². The molecule has 14 heteroatoms. The van der Waals surface area contributed by atoms with Gasteiger partial charge in [0.25, 0.3) is 11.5 Å². The largest absolute Gasteiger partial charge is 0.393 e. The minimum Gasteiger partial charge on any atom is -0.393 e. The molecule has 2 heterocycles. The van der Waals surface area contributed by atoms with Crippen LogP contribution in [0.3, 0.4) is 0 Å². The molecule has 1 aliphatic rings. The summed E-state index contributed by atoms with van der Waals surface area (Å²) in [6.07, 6.45) is 4.17. The van der Waals surface area contributed by atoms with Crippen molar-refractivity contribution >= 4 is 40.8 Å². The number of hydrogen-bond donors (Lipinski definition) is 3. The Kier molecular flexibility index (Phi) is 11.0. The van der Waals surface area contributed by atoms with E-state index in [0.29, 0.717) is 29.2 Å². The summed E-state index contributed by atoms with van der Waals surface area (Å²) < 4.78 is 31.5. The number of halogens is 3. The van der Waals surface area contributed by atoms with E-state index in [-0.39, 0.29) is 17.9 Å². The van der Waals surface area contributed by atoms with Gasteiger partial charge in [-0.2, -0.15) is 8.78 Å². The van der Waals surface area contributed by atoms with Crippen LogP contribution >= 0.6 is 11.6 Å². The molecule has 1 aromatic heterocycles. The van der Waals surface area contributed by atoms with Crippen molar-refractivity contribution in [3.05, 3.63) is 81.7 Å². The molecule has 1 fully saturated rings. The van der Waals surface area contributed by atoms with Gasteiger partial charge in [0.15, 0.2) is 0 Å². The number of aromatic nitrogens is 2. The summed E-state index contributed by atoms with van der Waals surface area (Å²) in [6, 6.07) is 12.5. The lowest BCUT2D eigenvalue weighted by atomic mass is 9.98. The zero-order valence-electron chi connectivity index (χ0n) is 24.3. The fourth-order valence-electron chi connectivity index (χ4n) is 4.98. The molecule has 0 bridgehead atoms. The van der Waals surface area contributed by atoms with Crippen LogP contribution < -0.4 is 21.9 Å². The number of amides is 3. The second kappa shape index (κ2) is 14.9. The van der Waals surface area contributed by atoms with Crippen molar-refractivity contribution in [1.82, 2.24) is 25.1 Å². The molecular weight excluding hydrogens is 610 g/mol. The summed E-state index contributed by atoms with van der Waals surface area (Å²) in [5.74, 6) is -9.92. The Morgan fingerprint density at radius 1 is 1.00 bits per heavy atom. The first-order valence-electron chi connectivity index (χ1n) is 14.4. The quantitative estimate of drug-likeness (QED) is 0.272. The molecule has 4 rings (SSSR count). The van der Waals surface area contributed by atoms with Gasteiger partial charge in [0.2, 0.25) is 17.6 Å². The van der Waals surface area contributed by atoms with Crippen molar-refractivity contribution < 1.29 is 28.0 Å². The molecule has 1 atom stereocenters. The number of nitrogens with zero attached hydrogens (tertiary/aromatic N) is 3. The van der Waals surface area contributed by atoms with Crippen LogP contribution in [0, 0.1) is 0 Å². The Hall–Kier alpha value is -4.65. The fourth-order valence-corrected chi connectivity index (χ4v) is 5.17. The number of ketones is 1. The van der Waals surface area contributed by atoms with Gasteiger partial charge in [-0.15, -0.1) is 0 Å². The van der Waals surface area contributed by atoms with E-state index < -0.39 is 54.1 Å². The molecule has 3 amide bonds. The molecule has 11 nitrogen and oxygen atoms in total. The Bertz CT molecular complexity index is 1610. The van der Waals surface area contributed by atoms with E-state index in [9.17, 15) is 24.0 Å². The third-order valence-corrected chi connectivity index (χ3v) is 7.58. The summed E-state index contributed by atoms with van der Waals surface area (Å²) in [7, 11) is 0. The molecule has 1 saturated heterocycles. The van der Waals surface area contributed by atoms with Gasteiger partial charge in [0.05, 0.1) is 18.8 Å². The smallest absolute Gasteiger partial charge is 0.383 e. The highest BCUT2D eigenvalue weighted by molar-refractivity contribution is 6.30. The van der Waals surface area contributed by atoms with Crippen LogP contribution in [0.2, 0.25) is 5.02 Å². The molecule has 45 heavy (non-hydrogen) atoms. The van der Waals surface area contributed by atoms with Gasteiger partial charge < -0.3 is 21.3 Å². The SMILES string of the molecule is Nc1cnc(-c2cccc(Cl)c2)n(CC(=O)NC(Cc2ccccc2)C(=O)C(F)(F)C(=O)NCC(=O)N2CCCCCC2)c1=O. The highest BCUT2D eigenvalue weighted by Gasteiger charge is 2.50. The number of carbonyl (C=O) groups excluding carboxylic acids is 4. The number of benzene rings is 2. The monoisotopic (exact) mass is 642 g/mol. The summed E-state index contributed by atoms with van der Waals surface area (Å²) in [6.45, 7) is -0.520. The predicted molar refractivity (Wildman–Crippen MR) is 163 cm³/mol. The molecule has 4 N–H and O–H groups in total. The highest BCUT2D eigenvalue weighted by Crippen LogP contribution is 2.22. The first-order chi connectivity index (χ1) is 21.5. The summed E-state index contributed by atoms with van der Waals surface area (Å²) in [5, 5.41) is 4.47. The second-order valence-electron chi connectivity index (χ2n) is 10.7. The first kappa shape index (κ1) is 33.2. The second-order valence-corrected chi connectivity index (χ2v) is 11.1. The van der Waals surface area contributed by atoms with Crippen LogP contribution in [-0.4, -0.2) is 69.6 Å². The third kappa shape index (κ3) is 8.50. The van der Waals surface area contributed by atoms with Gasteiger partial charge >= 0.3 is 5.92 Å². The molecule has 2 aromatic carbocycles. The van der Waals surface area contributed by atoms with Crippen LogP contribution in [0.25, 0.3) is 11.4 Å². The maximum atomic E-state index is 15.3. The van der Waals surface area contributed by atoms with Gasteiger partial charge in [-0.05, 0) is 30.5 Å². The molecule has 1 aliphatic heterocycles. The summed E-state index contributed by atoms with van der Waals surface area (Å²) in [4.78, 5) is 70.1. The number of likely N-dealkylation sites (tertiary alicyclic amines) is 1. The standard InChI is InChI=1S/C31H33ClF2N6O5/c32-22-12-8-11-21(16-22)28-36-17-23(35)29(44)40(28)19-25(41)38-24(15-20-9-4-3-5-10-20)27(43)31(33,34)30(45)37-18-26(42)39-13-6-1-2-7-14-39/h3-5,8-12,16-17,24H,1-2,6-7,13-15,18-19,35H2,(H,37,45)(H,38,41). The van der Waals surface area contributed by atoms with E-state index in [1.54, 1.807) is 48.5 Å². The topological polar surface area (TPSA) is 156 Å². The van der Waals surface area contributed by atoms with Crippen LogP contribution in [0.4, 0.5) is 14.5 Å². The maximum absolute atomic E-state index is 15.3. The molecule has 0 spiro atoms. The summed E-state index contributed by atoms with van der Waals surface area (Å²) >= 11 is 6.08. The van der Waals surface area contributed by atoms with Crippen LogP contribution in [0.15, 0.2) is 65.6 Å². The van der Waals surface area contributed by atoms with Crippen molar-refractivity contribution in [2.24, 2.45) is 0 Å². The number of rotatable bonds is 11. The molecular formula is C31H33ClF2N6O5. The molecule has 3 aromatic rings. The lowest BCUT2D eigenvalue weighted by Crippen LogP contribution is -2.56. The number of alkyl halides is 2. The van der Waals surface area contributed by atoms with Gasteiger partial charge in [0.1, 0.15) is 18.1 Å². The minimum absolute atomic E-state index is 0.0246. The predicted octanol–water partition coefficient (Wildman–Crippen LogP) is 2.60. The van der Waals surface area contributed by atoms with E-state index in [4.69, 9.17) is 17.3 Å². The first-order valence-corrected chi connectivity index (χ1v) is 14.8. The van der Waals surface area contributed by atoms with Crippen LogP contribution in [0.5, 0.6) is 0 Å². The average Bonchev–Trinajstić information content (AvgIpc) is 3.32. The van der Waals surface area contributed by atoms with Crippen molar-refractivity contribution in [1.29, 1.82) is 0 Å². The number of Topliss-reactive ketones (excluding diaryl/α,β-unsaturated/α-hetero) is 1. The van der Waals surface area contributed by atoms with E-state index in [2.05, 4.69) is 10.3 Å². The average molecular weight is 643 g/mol. The Labute approximate surface area is 262 Å². The number of hydrogen-bond acceptors (Lipinski definition) is 7. The zero-order chi connectivity index (χ0) is 32.6. The van der Waals surface area contributed by atoms with Gasteiger partial charge in [-0.1, -0.05) is 66.9 Å². The van der Waals surface area contributed by atoms with Gasteiger partial charge in [-0.3, -0.25) is 28.5 Å². The number of carbonyl (C=O) groups is 4. The van der Waals surface area contributed by atoms with E-state index in [0.717, 1.165) is 36.4 Å². The van der Waals surface area contributed by atoms with E-state index in [1.807, 2.05) is 5.32 Å². The third-order valence-electron chi connectivity index (χ3n) is 7.35. The van der Waals surface area contributed by atoms with E-state index >= 15 is 8.78 Å². The highest BCUT2D eigenvalue weighted by atomic mass is 35.5. The Morgan fingerprint density at radius 2 is 1.69 bits per heavy atom. The molecule has 0 aliphatic carbocycles. The Balaban J connectivity index is 1.53. The number of nitrogen functional groups attached to an aromatic ring is 1. The van der Waals surface area contributed by atoms with Crippen LogP contribution in [-0.2, 0) is 32.1 Å².